The number of aliphatic hydroxyl groups excluding tert-OH is 1. The van der Waals surface area contributed by atoms with Crippen LogP contribution in [0.4, 0.5) is 0 Å². The van der Waals surface area contributed by atoms with Crippen molar-refractivity contribution in [3.63, 3.8) is 0 Å². The third-order valence-corrected chi connectivity index (χ3v) is 5.64. The lowest BCUT2D eigenvalue weighted by Crippen LogP contribution is -2.31. The summed E-state index contributed by atoms with van der Waals surface area (Å²) >= 11 is 0. The molecule has 0 bridgehead atoms. The Bertz CT molecular complexity index is 1120. The molecular formula is C26H27NO7. The van der Waals surface area contributed by atoms with Crippen LogP contribution in [0.15, 0.2) is 60.7 Å². The van der Waals surface area contributed by atoms with Gasteiger partial charge in [-0.15, -0.1) is 0 Å². The zero-order chi connectivity index (χ0) is 24.1. The Morgan fingerprint density at radius 1 is 1.18 bits per heavy atom. The quantitative estimate of drug-likeness (QED) is 0.199. The van der Waals surface area contributed by atoms with E-state index in [0.29, 0.717) is 67.8 Å². The average Bonchev–Trinajstić information content (AvgIpc) is 3.12. The van der Waals surface area contributed by atoms with Crippen molar-refractivity contribution in [3.8, 4) is 17.2 Å². The van der Waals surface area contributed by atoms with Gasteiger partial charge >= 0.3 is 0 Å². The van der Waals surface area contributed by atoms with E-state index in [2.05, 4.69) is 6.58 Å². The van der Waals surface area contributed by atoms with Crippen LogP contribution in [-0.2, 0) is 14.3 Å². The zero-order valence-corrected chi connectivity index (χ0v) is 19.0. The van der Waals surface area contributed by atoms with Crippen LogP contribution in [0.1, 0.15) is 23.6 Å². The number of ketones is 1. The predicted octanol–water partition coefficient (Wildman–Crippen LogP) is 3.48. The van der Waals surface area contributed by atoms with Crippen molar-refractivity contribution in [2.24, 2.45) is 0 Å². The minimum Gasteiger partial charge on any atom is -0.507 e. The lowest BCUT2D eigenvalue weighted by atomic mass is 9.95. The molecule has 2 aliphatic heterocycles. The summed E-state index contributed by atoms with van der Waals surface area (Å²) in [5.74, 6) is -0.0801. The SMILES string of the molecule is C=CCOc1cccc([C@H]2C(=C(O)c3ccc4c(c3)OCCO4)C(=O)C(=O)N2CCCOC)c1. The van der Waals surface area contributed by atoms with Gasteiger partial charge in [0.2, 0.25) is 0 Å². The molecule has 1 fully saturated rings. The molecule has 0 aromatic heterocycles. The molecule has 2 aromatic rings. The zero-order valence-electron chi connectivity index (χ0n) is 19.0. The lowest BCUT2D eigenvalue weighted by Gasteiger charge is -2.25. The second-order valence-corrected chi connectivity index (χ2v) is 7.87. The van der Waals surface area contributed by atoms with Crippen LogP contribution in [0.3, 0.4) is 0 Å². The van der Waals surface area contributed by atoms with Gasteiger partial charge in [0, 0.05) is 25.8 Å². The third-order valence-electron chi connectivity index (χ3n) is 5.64. The molecule has 178 valence electrons. The highest BCUT2D eigenvalue weighted by atomic mass is 16.6. The molecule has 2 aromatic carbocycles. The number of fused-ring (bicyclic) bond motifs is 1. The summed E-state index contributed by atoms with van der Waals surface area (Å²) in [4.78, 5) is 27.6. The van der Waals surface area contributed by atoms with Gasteiger partial charge in [-0.2, -0.15) is 0 Å². The van der Waals surface area contributed by atoms with E-state index in [4.69, 9.17) is 18.9 Å². The summed E-state index contributed by atoms with van der Waals surface area (Å²) in [5, 5.41) is 11.3. The van der Waals surface area contributed by atoms with Crippen molar-refractivity contribution in [3.05, 3.63) is 71.8 Å². The van der Waals surface area contributed by atoms with Crippen LogP contribution >= 0.6 is 0 Å². The highest BCUT2D eigenvalue weighted by Crippen LogP contribution is 2.41. The van der Waals surface area contributed by atoms with Gasteiger partial charge in [-0.1, -0.05) is 24.8 Å². The number of carbonyl (C=O) groups is 2. The fourth-order valence-corrected chi connectivity index (χ4v) is 4.11. The van der Waals surface area contributed by atoms with E-state index in [1.165, 1.54) is 4.90 Å². The van der Waals surface area contributed by atoms with Crippen molar-refractivity contribution in [2.45, 2.75) is 12.5 Å². The van der Waals surface area contributed by atoms with Crippen LogP contribution in [0.5, 0.6) is 17.2 Å². The van der Waals surface area contributed by atoms with Gasteiger partial charge in [-0.25, -0.2) is 0 Å². The number of nitrogens with zero attached hydrogens (tertiary/aromatic N) is 1. The van der Waals surface area contributed by atoms with E-state index in [1.807, 2.05) is 0 Å². The van der Waals surface area contributed by atoms with Gasteiger partial charge in [0.05, 0.1) is 11.6 Å². The minimum absolute atomic E-state index is 0.0139. The Morgan fingerprint density at radius 2 is 1.97 bits per heavy atom. The van der Waals surface area contributed by atoms with Crippen LogP contribution in [0.2, 0.25) is 0 Å². The second kappa shape index (κ2) is 10.4. The molecule has 0 radical (unpaired) electrons. The fourth-order valence-electron chi connectivity index (χ4n) is 4.11. The summed E-state index contributed by atoms with van der Waals surface area (Å²) < 4.78 is 21.9. The molecule has 34 heavy (non-hydrogen) atoms. The first kappa shape index (κ1) is 23.4. The number of methoxy groups -OCH3 is 1. The molecule has 2 aliphatic rings. The maximum Gasteiger partial charge on any atom is 0.295 e. The van der Waals surface area contributed by atoms with Crippen molar-refractivity contribution < 1.29 is 33.6 Å². The number of rotatable bonds is 9. The van der Waals surface area contributed by atoms with Crippen molar-refractivity contribution in [1.82, 2.24) is 4.90 Å². The first-order valence-corrected chi connectivity index (χ1v) is 11.1. The number of benzene rings is 2. The van der Waals surface area contributed by atoms with Crippen LogP contribution in [-0.4, -0.2) is 61.8 Å². The molecule has 8 heteroatoms. The van der Waals surface area contributed by atoms with E-state index in [9.17, 15) is 14.7 Å². The third kappa shape index (κ3) is 4.63. The molecule has 1 N–H and O–H groups in total. The van der Waals surface area contributed by atoms with E-state index in [0.717, 1.165) is 0 Å². The van der Waals surface area contributed by atoms with E-state index in [1.54, 1.807) is 55.7 Å². The van der Waals surface area contributed by atoms with Crippen LogP contribution in [0, 0.1) is 0 Å². The Labute approximate surface area is 198 Å². The minimum atomic E-state index is -0.780. The Kier molecular flexibility index (Phi) is 7.18. The highest BCUT2D eigenvalue weighted by molar-refractivity contribution is 6.46. The number of aliphatic hydroxyl groups is 1. The first-order chi connectivity index (χ1) is 16.5. The largest absolute Gasteiger partial charge is 0.507 e. The second-order valence-electron chi connectivity index (χ2n) is 7.87. The molecule has 1 amide bonds. The molecule has 0 saturated carbocycles. The fraction of sp³-hybridized carbons (Fsp3) is 0.308. The molecule has 2 heterocycles. The molecule has 1 saturated heterocycles. The van der Waals surface area contributed by atoms with Crippen molar-refractivity contribution >= 4 is 17.4 Å². The van der Waals surface area contributed by atoms with E-state index in [-0.39, 0.29) is 11.3 Å². The molecule has 0 spiro atoms. The maximum absolute atomic E-state index is 13.2. The summed E-state index contributed by atoms with van der Waals surface area (Å²) in [7, 11) is 1.58. The molecule has 1 atom stereocenters. The number of ether oxygens (including phenoxy) is 4. The van der Waals surface area contributed by atoms with Gasteiger partial charge in [-0.05, 0) is 42.3 Å². The van der Waals surface area contributed by atoms with Crippen molar-refractivity contribution in [2.75, 3.05) is 40.1 Å². The standard InChI is InChI=1S/C26H27NO7/c1-3-11-32-19-7-4-6-17(15-19)23-22(25(29)26(30)27(23)10-5-12-31-2)24(28)18-8-9-20-21(16-18)34-14-13-33-20/h3-4,6-9,15-16,23,28H,1,5,10-14H2,2H3/t23-/m0/s1. The van der Waals surface area contributed by atoms with E-state index >= 15 is 0 Å². The summed E-state index contributed by atoms with van der Waals surface area (Å²) in [6.07, 6.45) is 2.17. The Hall–Kier alpha value is -3.78. The number of amides is 1. The molecule has 4 rings (SSSR count). The summed E-state index contributed by atoms with van der Waals surface area (Å²) in [6.45, 7) is 5.52. The molecule has 8 nitrogen and oxygen atoms in total. The summed E-state index contributed by atoms with van der Waals surface area (Å²) in [6, 6.07) is 11.3. The summed E-state index contributed by atoms with van der Waals surface area (Å²) in [5.41, 5.74) is 1.03. The molecule has 0 aliphatic carbocycles. The maximum atomic E-state index is 13.2. The van der Waals surface area contributed by atoms with Gasteiger partial charge in [-0.3, -0.25) is 9.59 Å². The lowest BCUT2D eigenvalue weighted by molar-refractivity contribution is -0.140. The van der Waals surface area contributed by atoms with Gasteiger partial charge in [0.15, 0.2) is 11.5 Å². The number of likely N-dealkylation sites (tertiary alicyclic amines) is 1. The first-order valence-electron chi connectivity index (χ1n) is 11.1. The Morgan fingerprint density at radius 3 is 2.74 bits per heavy atom. The van der Waals surface area contributed by atoms with Crippen molar-refractivity contribution in [1.29, 1.82) is 0 Å². The topological polar surface area (TPSA) is 94.5 Å². The normalized spacial score (nSPS) is 18.7. The van der Waals surface area contributed by atoms with Gasteiger partial charge in [0.1, 0.15) is 31.3 Å². The van der Waals surface area contributed by atoms with Gasteiger partial charge < -0.3 is 29.0 Å². The monoisotopic (exact) mass is 465 g/mol. The number of hydrogen-bond acceptors (Lipinski definition) is 7. The smallest absolute Gasteiger partial charge is 0.295 e. The predicted molar refractivity (Wildman–Crippen MR) is 125 cm³/mol. The van der Waals surface area contributed by atoms with E-state index < -0.39 is 17.7 Å². The Balaban J connectivity index is 1.79. The molecular weight excluding hydrogens is 438 g/mol. The number of Topliss-reactive ketones (excluding diaryl/α,β-unsaturated/α-hetero) is 1. The average molecular weight is 466 g/mol. The number of carbonyl (C=O) groups excluding carboxylic acids is 2. The number of hydrogen-bond donors (Lipinski definition) is 1. The van der Waals surface area contributed by atoms with Gasteiger partial charge in [0.25, 0.3) is 11.7 Å². The van der Waals surface area contributed by atoms with Crippen LogP contribution < -0.4 is 14.2 Å². The highest BCUT2D eigenvalue weighted by Gasteiger charge is 2.46. The van der Waals surface area contributed by atoms with Crippen LogP contribution in [0.25, 0.3) is 5.76 Å². The molecule has 0 unspecified atom stereocenters.